The normalized spacial score (nSPS) is 25.3. The molecule has 0 aromatic heterocycles. The van der Waals surface area contributed by atoms with Gasteiger partial charge in [-0.15, -0.1) is 0 Å². The quantitative estimate of drug-likeness (QED) is 0.730. The monoisotopic (exact) mass is 309 g/mol. The predicted molar refractivity (Wildman–Crippen MR) is 95.6 cm³/mol. The second kappa shape index (κ2) is 5.81. The Kier molecular flexibility index (Phi) is 3.79. The van der Waals surface area contributed by atoms with E-state index in [9.17, 15) is 0 Å². The molecule has 0 amide bonds. The Morgan fingerprint density at radius 2 is 2.09 bits per heavy atom. The van der Waals surface area contributed by atoms with Gasteiger partial charge in [0.2, 0.25) is 0 Å². The van der Waals surface area contributed by atoms with Gasteiger partial charge in [0.1, 0.15) is 5.75 Å². The van der Waals surface area contributed by atoms with Gasteiger partial charge in [-0.05, 0) is 68.6 Å². The van der Waals surface area contributed by atoms with Gasteiger partial charge >= 0.3 is 0 Å². The molecular formula is C21H27NO. The van der Waals surface area contributed by atoms with Crippen molar-refractivity contribution in [1.29, 1.82) is 0 Å². The van der Waals surface area contributed by atoms with E-state index in [1.807, 2.05) is 0 Å². The lowest BCUT2D eigenvalue weighted by molar-refractivity contribution is 0.152. The Morgan fingerprint density at radius 1 is 1.22 bits per heavy atom. The predicted octanol–water partition coefficient (Wildman–Crippen LogP) is 4.88. The first kappa shape index (κ1) is 15.0. The third kappa shape index (κ3) is 2.34. The summed E-state index contributed by atoms with van der Waals surface area (Å²) >= 11 is 0. The molecule has 0 radical (unpaired) electrons. The summed E-state index contributed by atoms with van der Waals surface area (Å²) in [7, 11) is 1.78. The molecule has 2 heteroatoms. The van der Waals surface area contributed by atoms with E-state index in [1.54, 1.807) is 7.11 Å². The van der Waals surface area contributed by atoms with Crippen LogP contribution in [0.25, 0.3) is 0 Å². The first-order valence-electron chi connectivity index (χ1n) is 9.14. The highest BCUT2D eigenvalue weighted by molar-refractivity contribution is 6.07. The van der Waals surface area contributed by atoms with E-state index in [0.717, 1.165) is 18.7 Å². The lowest BCUT2D eigenvalue weighted by Crippen LogP contribution is -2.46. The Balaban J connectivity index is 1.79. The number of hydrogen-bond donors (Lipinski definition) is 0. The first-order chi connectivity index (χ1) is 11.2. The molecule has 0 saturated heterocycles. The fourth-order valence-electron chi connectivity index (χ4n) is 4.81. The molecule has 0 bridgehead atoms. The van der Waals surface area contributed by atoms with Gasteiger partial charge in [0.15, 0.2) is 0 Å². The molecule has 1 fully saturated rings. The standard InChI is InChI=1S/C21H27NO/c1-15-13-16-9-12-22-20(18(16)14-19(15)23-2)21(10-6-11-21)17-7-4-3-5-8-17/h4,7,13-14,17H,3,5-6,8-12H2,1-2H3. The fourth-order valence-corrected chi connectivity index (χ4v) is 4.81. The Morgan fingerprint density at radius 3 is 2.74 bits per heavy atom. The molecule has 1 aromatic carbocycles. The van der Waals surface area contributed by atoms with E-state index in [1.165, 1.54) is 60.9 Å². The number of hydrogen-bond acceptors (Lipinski definition) is 2. The van der Waals surface area contributed by atoms with Gasteiger partial charge in [0.25, 0.3) is 0 Å². The van der Waals surface area contributed by atoms with Crippen molar-refractivity contribution in [3.8, 4) is 5.75 Å². The number of allylic oxidation sites excluding steroid dienone is 2. The molecule has 1 saturated carbocycles. The van der Waals surface area contributed by atoms with E-state index in [-0.39, 0.29) is 0 Å². The van der Waals surface area contributed by atoms with Crippen LogP contribution in [0.2, 0.25) is 0 Å². The summed E-state index contributed by atoms with van der Waals surface area (Å²) in [5, 5.41) is 0. The third-order valence-corrected chi connectivity index (χ3v) is 6.21. The number of fused-ring (bicyclic) bond motifs is 1. The van der Waals surface area contributed by atoms with Crippen LogP contribution in [0.1, 0.15) is 55.2 Å². The second-order valence-electron chi connectivity index (χ2n) is 7.43. The molecule has 122 valence electrons. The number of methoxy groups -OCH3 is 1. The van der Waals surface area contributed by atoms with Crippen LogP contribution in [0.15, 0.2) is 29.3 Å². The van der Waals surface area contributed by atoms with Gasteiger partial charge in [-0.3, -0.25) is 4.99 Å². The lowest BCUT2D eigenvalue weighted by Gasteiger charge is -2.49. The van der Waals surface area contributed by atoms with E-state index in [2.05, 4.69) is 31.2 Å². The summed E-state index contributed by atoms with van der Waals surface area (Å²) in [5.41, 5.74) is 5.77. The number of nitrogens with zero attached hydrogens (tertiary/aromatic N) is 1. The van der Waals surface area contributed by atoms with Gasteiger partial charge < -0.3 is 4.74 Å². The SMILES string of the molecule is COc1cc2c(cc1C)CCN=C2C1(C2C=CCCC2)CCC1. The van der Waals surface area contributed by atoms with E-state index >= 15 is 0 Å². The topological polar surface area (TPSA) is 21.6 Å². The van der Waals surface area contributed by atoms with Crippen LogP contribution in [-0.4, -0.2) is 19.4 Å². The minimum absolute atomic E-state index is 0.298. The van der Waals surface area contributed by atoms with Crippen molar-refractivity contribution in [2.75, 3.05) is 13.7 Å². The second-order valence-corrected chi connectivity index (χ2v) is 7.43. The maximum absolute atomic E-state index is 5.60. The maximum Gasteiger partial charge on any atom is 0.122 e. The molecule has 1 aromatic rings. The first-order valence-corrected chi connectivity index (χ1v) is 9.14. The van der Waals surface area contributed by atoms with Crippen LogP contribution in [-0.2, 0) is 6.42 Å². The van der Waals surface area contributed by atoms with E-state index < -0.39 is 0 Å². The Labute approximate surface area is 139 Å². The molecule has 1 unspecified atom stereocenters. The van der Waals surface area contributed by atoms with Crippen molar-refractivity contribution in [3.63, 3.8) is 0 Å². The average Bonchev–Trinajstić information content (AvgIpc) is 2.54. The van der Waals surface area contributed by atoms with Gasteiger partial charge in [0.05, 0.1) is 7.11 Å². The molecule has 4 rings (SSSR count). The summed E-state index contributed by atoms with van der Waals surface area (Å²) in [6.07, 6.45) is 13.8. The molecule has 2 aliphatic carbocycles. The van der Waals surface area contributed by atoms with E-state index in [4.69, 9.17) is 9.73 Å². The fraction of sp³-hybridized carbons (Fsp3) is 0.571. The van der Waals surface area contributed by atoms with Gasteiger partial charge in [-0.25, -0.2) is 0 Å². The molecule has 3 aliphatic rings. The van der Waals surface area contributed by atoms with E-state index in [0.29, 0.717) is 11.3 Å². The number of rotatable bonds is 3. The maximum atomic E-state index is 5.60. The third-order valence-electron chi connectivity index (χ3n) is 6.21. The Hall–Kier alpha value is -1.57. The minimum atomic E-state index is 0.298. The van der Waals surface area contributed by atoms with Crippen LogP contribution in [0.3, 0.4) is 0 Å². The number of ether oxygens (including phenoxy) is 1. The largest absolute Gasteiger partial charge is 0.496 e. The molecule has 0 spiro atoms. The minimum Gasteiger partial charge on any atom is -0.496 e. The van der Waals surface area contributed by atoms with Crippen LogP contribution in [0.4, 0.5) is 0 Å². The number of aliphatic imine (C=N–C) groups is 1. The van der Waals surface area contributed by atoms with Gasteiger partial charge in [-0.1, -0.05) is 24.6 Å². The van der Waals surface area contributed by atoms with Crippen molar-refractivity contribution in [3.05, 3.63) is 41.0 Å². The van der Waals surface area contributed by atoms with Crippen molar-refractivity contribution < 1.29 is 4.74 Å². The average molecular weight is 309 g/mol. The summed E-state index contributed by atoms with van der Waals surface area (Å²) in [6.45, 7) is 3.10. The molecule has 0 N–H and O–H groups in total. The smallest absolute Gasteiger partial charge is 0.122 e. The molecule has 1 atom stereocenters. The number of benzene rings is 1. The summed E-state index contributed by atoms with van der Waals surface area (Å²) in [5.74, 6) is 1.69. The molecule has 23 heavy (non-hydrogen) atoms. The highest BCUT2D eigenvalue weighted by atomic mass is 16.5. The van der Waals surface area contributed by atoms with Crippen molar-refractivity contribution >= 4 is 5.71 Å². The van der Waals surface area contributed by atoms with Crippen molar-refractivity contribution in [2.45, 2.75) is 51.9 Å². The number of aryl methyl sites for hydroxylation is 1. The summed E-state index contributed by atoms with van der Waals surface area (Å²) in [6, 6.07) is 4.58. The van der Waals surface area contributed by atoms with Gasteiger partial charge in [-0.2, -0.15) is 0 Å². The molecular weight excluding hydrogens is 282 g/mol. The van der Waals surface area contributed by atoms with Gasteiger partial charge in [0, 0.05) is 23.2 Å². The molecule has 2 nitrogen and oxygen atoms in total. The zero-order valence-corrected chi connectivity index (χ0v) is 14.4. The Bertz CT molecular complexity index is 667. The highest BCUT2D eigenvalue weighted by Crippen LogP contribution is 2.53. The highest BCUT2D eigenvalue weighted by Gasteiger charge is 2.48. The van der Waals surface area contributed by atoms with Crippen LogP contribution in [0.5, 0.6) is 5.75 Å². The lowest BCUT2D eigenvalue weighted by atomic mass is 9.55. The zero-order valence-electron chi connectivity index (χ0n) is 14.4. The van der Waals surface area contributed by atoms with Crippen molar-refractivity contribution in [1.82, 2.24) is 0 Å². The zero-order chi connectivity index (χ0) is 15.9. The summed E-state index contributed by atoms with van der Waals surface area (Å²) in [4.78, 5) is 5.07. The van der Waals surface area contributed by atoms with Crippen LogP contribution in [0, 0.1) is 18.3 Å². The molecule has 1 aliphatic heterocycles. The summed E-state index contributed by atoms with van der Waals surface area (Å²) < 4.78 is 5.60. The van der Waals surface area contributed by atoms with Crippen LogP contribution >= 0.6 is 0 Å². The van der Waals surface area contributed by atoms with Crippen LogP contribution < -0.4 is 4.74 Å². The molecule has 1 heterocycles. The van der Waals surface area contributed by atoms with Crippen molar-refractivity contribution in [2.24, 2.45) is 16.3 Å².